The van der Waals surface area contributed by atoms with Crippen LogP contribution in [0, 0.1) is 5.92 Å². The topological polar surface area (TPSA) is 54.0 Å². The van der Waals surface area contributed by atoms with Crippen LogP contribution in [-0.4, -0.2) is 16.9 Å². The molecular weight excluding hydrogens is 214 g/mol. The Morgan fingerprint density at radius 1 is 1.53 bits per heavy atom. The smallest absolute Gasteiger partial charge is 0.247 e. The molecule has 0 aromatic carbocycles. The molecule has 2 heterocycles. The van der Waals surface area contributed by atoms with Gasteiger partial charge in [-0.05, 0) is 12.0 Å². The number of hydrogen-bond donors (Lipinski definition) is 2. The minimum Gasteiger partial charge on any atom is -0.356 e. The molecule has 5 heteroatoms. The fourth-order valence-corrected chi connectivity index (χ4v) is 1.70. The lowest BCUT2D eigenvalue weighted by Crippen LogP contribution is -2.42. The quantitative estimate of drug-likeness (QED) is 0.770. The first kappa shape index (κ1) is 10.2. The summed E-state index contributed by atoms with van der Waals surface area (Å²) in [6, 6.07) is 1.46. The number of rotatable bonds is 1. The lowest BCUT2D eigenvalue weighted by molar-refractivity contribution is -0.117. The van der Waals surface area contributed by atoms with Crippen molar-refractivity contribution < 1.29 is 4.79 Å². The van der Waals surface area contributed by atoms with Crippen LogP contribution in [0.2, 0.25) is 5.02 Å². The summed E-state index contributed by atoms with van der Waals surface area (Å²) in [6.07, 6.45) is 1.56. The van der Waals surface area contributed by atoms with Gasteiger partial charge in [0.2, 0.25) is 5.91 Å². The van der Waals surface area contributed by atoms with E-state index in [1.54, 1.807) is 12.3 Å². The molecule has 0 saturated carbocycles. The SMILES string of the molecule is CC(C)C1Nc2ncc(Cl)cc2NC1=O. The Labute approximate surface area is 93.0 Å². The first-order chi connectivity index (χ1) is 7.08. The van der Waals surface area contributed by atoms with Crippen molar-refractivity contribution in [2.75, 3.05) is 10.6 Å². The predicted molar refractivity (Wildman–Crippen MR) is 60.1 cm³/mol. The summed E-state index contributed by atoms with van der Waals surface area (Å²) in [6.45, 7) is 3.97. The molecule has 0 fully saturated rings. The summed E-state index contributed by atoms with van der Waals surface area (Å²) in [5.41, 5.74) is 0.643. The molecule has 0 aliphatic carbocycles. The number of halogens is 1. The molecule has 2 rings (SSSR count). The monoisotopic (exact) mass is 225 g/mol. The maximum Gasteiger partial charge on any atom is 0.247 e. The highest BCUT2D eigenvalue weighted by atomic mass is 35.5. The minimum atomic E-state index is -0.230. The van der Waals surface area contributed by atoms with E-state index < -0.39 is 0 Å². The van der Waals surface area contributed by atoms with E-state index in [0.717, 1.165) is 0 Å². The minimum absolute atomic E-state index is 0.0402. The molecule has 0 spiro atoms. The molecule has 1 aliphatic rings. The van der Waals surface area contributed by atoms with Gasteiger partial charge in [-0.1, -0.05) is 25.4 Å². The molecule has 1 atom stereocenters. The Hall–Kier alpha value is -1.29. The van der Waals surface area contributed by atoms with Crippen molar-refractivity contribution in [1.82, 2.24) is 4.98 Å². The van der Waals surface area contributed by atoms with Gasteiger partial charge in [-0.3, -0.25) is 4.79 Å². The zero-order valence-electron chi connectivity index (χ0n) is 8.54. The van der Waals surface area contributed by atoms with Crippen molar-refractivity contribution in [3.63, 3.8) is 0 Å². The fraction of sp³-hybridized carbons (Fsp3) is 0.400. The summed E-state index contributed by atoms with van der Waals surface area (Å²) < 4.78 is 0. The van der Waals surface area contributed by atoms with Crippen LogP contribution < -0.4 is 10.6 Å². The number of carbonyl (C=O) groups is 1. The molecule has 1 aromatic rings. The van der Waals surface area contributed by atoms with Crippen LogP contribution in [0.4, 0.5) is 11.5 Å². The van der Waals surface area contributed by atoms with E-state index in [4.69, 9.17) is 11.6 Å². The van der Waals surface area contributed by atoms with Crippen LogP contribution in [0.3, 0.4) is 0 Å². The zero-order chi connectivity index (χ0) is 11.0. The van der Waals surface area contributed by atoms with Gasteiger partial charge in [0.05, 0.1) is 10.7 Å². The van der Waals surface area contributed by atoms with Crippen molar-refractivity contribution in [3.05, 3.63) is 17.3 Å². The number of hydrogen-bond acceptors (Lipinski definition) is 3. The Morgan fingerprint density at radius 3 is 2.93 bits per heavy atom. The molecule has 80 valence electrons. The molecule has 1 unspecified atom stereocenters. The maximum absolute atomic E-state index is 11.7. The molecular formula is C10H12ClN3O. The van der Waals surface area contributed by atoms with Gasteiger partial charge in [0, 0.05) is 6.20 Å². The number of amides is 1. The van der Waals surface area contributed by atoms with E-state index in [0.29, 0.717) is 16.5 Å². The summed E-state index contributed by atoms with van der Waals surface area (Å²) in [7, 11) is 0. The molecule has 0 bridgehead atoms. The number of nitrogens with zero attached hydrogens (tertiary/aromatic N) is 1. The Kier molecular flexibility index (Phi) is 2.52. The van der Waals surface area contributed by atoms with Gasteiger partial charge in [-0.15, -0.1) is 0 Å². The van der Waals surface area contributed by atoms with Gasteiger partial charge in [-0.25, -0.2) is 4.98 Å². The standard InChI is InChI=1S/C10H12ClN3O/c1-5(2)8-10(15)13-7-3-6(11)4-12-9(7)14-8/h3-5,8H,1-2H3,(H,12,14)(H,13,15). The van der Waals surface area contributed by atoms with Gasteiger partial charge in [0.25, 0.3) is 0 Å². The molecule has 4 nitrogen and oxygen atoms in total. The highest BCUT2D eigenvalue weighted by Gasteiger charge is 2.28. The molecule has 1 aliphatic heterocycles. The van der Waals surface area contributed by atoms with Crippen LogP contribution in [0.15, 0.2) is 12.3 Å². The fourth-order valence-electron chi connectivity index (χ4n) is 1.54. The second-order valence-electron chi connectivity index (χ2n) is 3.90. The molecule has 15 heavy (non-hydrogen) atoms. The van der Waals surface area contributed by atoms with Gasteiger partial charge >= 0.3 is 0 Å². The van der Waals surface area contributed by atoms with Gasteiger partial charge in [0.15, 0.2) is 5.82 Å². The third-order valence-electron chi connectivity index (χ3n) is 2.35. The molecule has 2 N–H and O–H groups in total. The second kappa shape index (κ2) is 3.70. The van der Waals surface area contributed by atoms with Crippen molar-refractivity contribution in [2.45, 2.75) is 19.9 Å². The lowest BCUT2D eigenvalue weighted by Gasteiger charge is -2.28. The van der Waals surface area contributed by atoms with E-state index in [9.17, 15) is 4.79 Å². The Morgan fingerprint density at radius 2 is 2.27 bits per heavy atom. The first-order valence-corrected chi connectivity index (χ1v) is 5.18. The van der Waals surface area contributed by atoms with Crippen molar-refractivity contribution in [2.24, 2.45) is 5.92 Å². The average molecular weight is 226 g/mol. The van der Waals surface area contributed by atoms with Crippen molar-refractivity contribution >= 4 is 29.0 Å². The van der Waals surface area contributed by atoms with Crippen LogP contribution in [0.5, 0.6) is 0 Å². The van der Waals surface area contributed by atoms with Crippen LogP contribution in [-0.2, 0) is 4.79 Å². The van der Waals surface area contributed by atoms with Crippen molar-refractivity contribution in [1.29, 1.82) is 0 Å². The van der Waals surface area contributed by atoms with Gasteiger partial charge in [-0.2, -0.15) is 0 Å². The number of carbonyl (C=O) groups excluding carboxylic acids is 1. The molecule has 1 amide bonds. The summed E-state index contributed by atoms with van der Waals surface area (Å²) in [5.74, 6) is 0.856. The molecule has 1 aromatic heterocycles. The van der Waals surface area contributed by atoms with E-state index in [2.05, 4.69) is 15.6 Å². The Balaban J connectivity index is 2.34. The van der Waals surface area contributed by atoms with E-state index in [-0.39, 0.29) is 17.9 Å². The second-order valence-corrected chi connectivity index (χ2v) is 4.34. The van der Waals surface area contributed by atoms with Crippen LogP contribution in [0.25, 0.3) is 0 Å². The number of fused-ring (bicyclic) bond motifs is 1. The number of anilines is 2. The van der Waals surface area contributed by atoms with E-state index in [1.807, 2.05) is 13.8 Å². The van der Waals surface area contributed by atoms with E-state index >= 15 is 0 Å². The van der Waals surface area contributed by atoms with Crippen LogP contribution >= 0.6 is 11.6 Å². The van der Waals surface area contributed by atoms with Crippen molar-refractivity contribution in [3.8, 4) is 0 Å². The highest BCUT2D eigenvalue weighted by molar-refractivity contribution is 6.31. The summed E-state index contributed by atoms with van der Waals surface area (Å²) in [4.78, 5) is 15.8. The summed E-state index contributed by atoms with van der Waals surface area (Å²) >= 11 is 5.78. The zero-order valence-corrected chi connectivity index (χ0v) is 9.30. The molecule has 0 radical (unpaired) electrons. The first-order valence-electron chi connectivity index (χ1n) is 4.81. The predicted octanol–water partition coefficient (Wildman–Crippen LogP) is 2.12. The van der Waals surface area contributed by atoms with Gasteiger partial charge in [0.1, 0.15) is 6.04 Å². The summed E-state index contributed by atoms with van der Waals surface area (Å²) in [5, 5.41) is 6.39. The maximum atomic E-state index is 11.7. The Bertz CT molecular complexity index is 406. The normalized spacial score (nSPS) is 19.5. The average Bonchev–Trinajstić information content (AvgIpc) is 2.15. The van der Waals surface area contributed by atoms with E-state index in [1.165, 1.54) is 0 Å². The third-order valence-corrected chi connectivity index (χ3v) is 2.56. The number of pyridine rings is 1. The lowest BCUT2D eigenvalue weighted by atomic mass is 10.0. The number of aromatic nitrogens is 1. The van der Waals surface area contributed by atoms with Gasteiger partial charge < -0.3 is 10.6 Å². The number of nitrogens with one attached hydrogen (secondary N) is 2. The molecule has 0 saturated heterocycles. The largest absolute Gasteiger partial charge is 0.356 e. The van der Waals surface area contributed by atoms with Crippen LogP contribution in [0.1, 0.15) is 13.8 Å². The third kappa shape index (κ3) is 1.90. The highest BCUT2D eigenvalue weighted by Crippen LogP contribution is 2.28.